The number of carbonyl (C=O) groups excluding carboxylic acids is 1. The van der Waals surface area contributed by atoms with E-state index in [2.05, 4.69) is 9.98 Å². The molecular formula is C37H34F2N4O6. The van der Waals surface area contributed by atoms with Crippen molar-refractivity contribution in [3.05, 3.63) is 101 Å². The van der Waals surface area contributed by atoms with Crippen molar-refractivity contribution in [3.63, 3.8) is 0 Å². The van der Waals surface area contributed by atoms with Crippen LogP contribution in [-0.4, -0.2) is 55.0 Å². The van der Waals surface area contributed by atoms with Gasteiger partial charge >= 0.3 is 5.97 Å². The van der Waals surface area contributed by atoms with Crippen molar-refractivity contribution in [2.24, 2.45) is 10.9 Å². The number of methoxy groups -OCH3 is 1. The summed E-state index contributed by atoms with van der Waals surface area (Å²) in [7, 11) is 3.21. The van der Waals surface area contributed by atoms with Crippen LogP contribution < -0.4 is 18.9 Å². The van der Waals surface area contributed by atoms with E-state index in [0.29, 0.717) is 43.1 Å². The summed E-state index contributed by atoms with van der Waals surface area (Å²) >= 11 is 0. The highest BCUT2D eigenvalue weighted by atomic mass is 19.1. The smallest absolute Gasteiger partial charge is 0.312 e. The van der Waals surface area contributed by atoms with Gasteiger partial charge in [-0.3, -0.25) is 9.79 Å². The van der Waals surface area contributed by atoms with E-state index in [1.54, 1.807) is 18.2 Å². The Morgan fingerprint density at radius 1 is 1.00 bits per heavy atom. The van der Waals surface area contributed by atoms with Crippen LogP contribution in [0, 0.1) is 28.9 Å². The Labute approximate surface area is 282 Å². The number of carbonyl (C=O) groups is 1. The molecule has 0 bridgehead atoms. The number of nitriles is 1. The molecule has 3 aromatic carbocycles. The van der Waals surface area contributed by atoms with Gasteiger partial charge in [0.2, 0.25) is 11.6 Å². The molecule has 2 unspecified atom stereocenters. The standard InChI is InChI=1S/C37H34F2N4O6/c1-43-17-16-41-35(43)27-19-25(47-29-11-7-6-10-26(29)37(44)45-2)13-15-30(27)48-34-28(38)21-42-36(33(34)39)49-32-18-24(20-40)12-14-31(32)46-22-23-8-4-3-5-9-23/h3-5,8-9,12-15,18-19,21,26,29H,6-7,10-11,16-17,22H2,1-2H3. The first-order valence-corrected chi connectivity index (χ1v) is 15.9. The third kappa shape index (κ3) is 7.56. The number of aliphatic imine (C=N–C) groups is 1. The van der Waals surface area contributed by atoms with Crippen LogP contribution in [0.2, 0.25) is 0 Å². The van der Waals surface area contributed by atoms with Crippen molar-refractivity contribution in [2.45, 2.75) is 38.4 Å². The van der Waals surface area contributed by atoms with Crippen molar-refractivity contribution in [3.8, 4) is 40.7 Å². The van der Waals surface area contributed by atoms with Gasteiger partial charge < -0.3 is 28.6 Å². The van der Waals surface area contributed by atoms with Gasteiger partial charge in [0.1, 0.15) is 30.0 Å². The van der Waals surface area contributed by atoms with E-state index >= 15 is 8.78 Å². The topological polar surface area (TPSA) is 116 Å². The van der Waals surface area contributed by atoms with Crippen molar-refractivity contribution in [1.29, 1.82) is 5.26 Å². The lowest BCUT2D eigenvalue weighted by molar-refractivity contribution is -0.150. The first kappa shape index (κ1) is 33.2. The first-order valence-electron chi connectivity index (χ1n) is 15.9. The number of halogens is 2. The average Bonchev–Trinajstić information content (AvgIpc) is 3.56. The second-order valence-electron chi connectivity index (χ2n) is 11.7. The number of ether oxygens (including phenoxy) is 5. The van der Waals surface area contributed by atoms with E-state index < -0.39 is 29.2 Å². The summed E-state index contributed by atoms with van der Waals surface area (Å²) in [5.74, 6) is -2.97. The van der Waals surface area contributed by atoms with Crippen LogP contribution in [-0.2, 0) is 16.1 Å². The van der Waals surface area contributed by atoms with Crippen LogP contribution in [0.4, 0.5) is 8.78 Å². The molecule has 0 N–H and O–H groups in total. The van der Waals surface area contributed by atoms with Crippen LogP contribution in [0.15, 0.2) is 77.9 Å². The lowest BCUT2D eigenvalue weighted by atomic mass is 9.86. The molecule has 2 heterocycles. The number of hydrogen-bond donors (Lipinski definition) is 0. The zero-order chi connectivity index (χ0) is 34.3. The molecule has 0 radical (unpaired) electrons. The Bertz CT molecular complexity index is 1900. The summed E-state index contributed by atoms with van der Waals surface area (Å²) in [6, 6.07) is 20.7. The lowest BCUT2D eigenvalue weighted by Gasteiger charge is -2.30. The van der Waals surface area contributed by atoms with Crippen molar-refractivity contribution in [2.75, 3.05) is 27.2 Å². The molecule has 4 aromatic rings. The van der Waals surface area contributed by atoms with Gasteiger partial charge in [-0.2, -0.15) is 9.65 Å². The summed E-state index contributed by atoms with van der Waals surface area (Å²) in [4.78, 5) is 22.8. The van der Waals surface area contributed by atoms with Gasteiger partial charge in [-0.05, 0) is 55.2 Å². The molecule has 1 aromatic heterocycles. The SMILES string of the molecule is COC(=O)C1CCCCC1Oc1ccc(Oc2c(F)cnc(Oc3cc(C#N)ccc3OCc3ccccc3)c2F)c(C2=NCCN2C)c1. The maximum absolute atomic E-state index is 16.0. The molecule has 1 aliphatic heterocycles. The molecule has 2 aliphatic rings. The molecule has 49 heavy (non-hydrogen) atoms. The Hall–Kier alpha value is -5.70. The minimum atomic E-state index is -1.20. The molecule has 252 valence electrons. The van der Waals surface area contributed by atoms with Gasteiger partial charge in [-0.1, -0.05) is 36.8 Å². The fraction of sp³-hybridized carbons (Fsp3) is 0.297. The Morgan fingerprint density at radius 3 is 2.55 bits per heavy atom. The van der Waals surface area contributed by atoms with E-state index in [0.717, 1.165) is 24.6 Å². The van der Waals surface area contributed by atoms with Crippen molar-refractivity contribution < 1.29 is 37.3 Å². The summed E-state index contributed by atoms with van der Waals surface area (Å²) in [6.45, 7) is 1.34. The number of esters is 1. The number of likely N-dealkylation sites (N-methyl/N-ethyl adjacent to an activating group) is 1. The molecule has 0 saturated heterocycles. The zero-order valence-corrected chi connectivity index (χ0v) is 27.0. The van der Waals surface area contributed by atoms with E-state index in [9.17, 15) is 10.1 Å². The number of aromatic nitrogens is 1. The second-order valence-corrected chi connectivity index (χ2v) is 11.7. The van der Waals surface area contributed by atoms with Gasteiger partial charge in [0.25, 0.3) is 5.88 Å². The normalized spacial score (nSPS) is 17.1. The first-order chi connectivity index (χ1) is 23.8. The zero-order valence-electron chi connectivity index (χ0n) is 27.0. The predicted molar refractivity (Wildman–Crippen MR) is 175 cm³/mol. The Kier molecular flexibility index (Phi) is 10.2. The van der Waals surface area contributed by atoms with E-state index in [1.165, 1.54) is 25.3 Å². The maximum Gasteiger partial charge on any atom is 0.312 e. The van der Waals surface area contributed by atoms with Gasteiger partial charge in [0.05, 0.1) is 43.0 Å². The monoisotopic (exact) mass is 668 g/mol. The van der Waals surface area contributed by atoms with Gasteiger partial charge in [0, 0.05) is 19.7 Å². The number of nitrogens with zero attached hydrogens (tertiary/aromatic N) is 4. The largest absolute Gasteiger partial charge is 0.490 e. The molecule has 10 nitrogen and oxygen atoms in total. The summed E-state index contributed by atoms with van der Waals surface area (Å²) in [5, 5.41) is 9.47. The number of pyridine rings is 1. The molecule has 0 spiro atoms. The lowest BCUT2D eigenvalue weighted by Crippen LogP contribution is -2.36. The van der Waals surface area contributed by atoms with Crippen LogP contribution in [0.25, 0.3) is 0 Å². The number of rotatable bonds is 11. The van der Waals surface area contributed by atoms with E-state index in [4.69, 9.17) is 23.7 Å². The minimum absolute atomic E-state index is 0.0102. The summed E-state index contributed by atoms with van der Waals surface area (Å²) in [6.07, 6.45) is 3.56. The molecule has 12 heteroatoms. The van der Waals surface area contributed by atoms with E-state index in [1.807, 2.05) is 48.3 Å². The molecule has 0 amide bonds. The van der Waals surface area contributed by atoms with E-state index in [-0.39, 0.29) is 41.5 Å². The quantitative estimate of drug-likeness (QED) is 0.153. The average molecular weight is 669 g/mol. The number of benzene rings is 3. The van der Waals surface area contributed by atoms with Crippen molar-refractivity contribution >= 4 is 11.8 Å². The highest BCUT2D eigenvalue weighted by Gasteiger charge is 2.34. The van der Waals surface area contributed by atoms with Crippen LogP contribution in [0.5, 0.6) is 34.6 Å². The highest BCUT2D eigenvalue weighted by Crippen LogP contribution is 2.40. The van der Waals surface area contributed by atoms with Crippen molar-refractivity contribution in [1.82, 2.24) is 9.88 Å². The molecule has 6 rings (SSSR count). The summed E-state index contributed by atoms with van der Waals surface area (Å²) in [5.41, 5.74) is 1.56. The Balaban J connectivity index is 1.29. The Morgan fingerprint density at radius 2 is 1.80 bits per heavy atom. The number of amidine groups is 1. The fourth-order valence-corrected chi connectivity index (χ4v) is 5.83. The molecule has 1 aliphatic carbocycles. The highest BCUT2D eigenvalue weighted by molar-refractivity contribution is 6.02. The van der Waals surface area contributed by atoms with Gasteiger partial charge in [-0.25, -0.2) is 9.37 Å². The fourth-order valence-electron chi connectivity index (χ4n) is 5.83. The number of hydrogen-bond acceptors (Lipinski definition) is 10. The molecular weight excluding hydrogens is 634 g/mol. The van der Waals surface area contributed by atoms with Gasteiger partial charge in [-0.15, -0.1) is 0 Å². The molecule has 2 atom stereocenters. The minimum Gasteiger partial charge on any atom is -0.490 e. The second kappa shape index (κ2) is 15.0. The predicted octanol–water partition coefficient (Wildman–Crippen LogP) is 7.20. The van der Waals surface area contributed by atoms with Crippen LogP contribution in [0.3, 0.4) is 0 Å². The van der Waals surface area contributed by atoms with Crippen LogP contribution in [0.1, 0.15) is 42.4 Å². The third-order valence-electron chi connectivity index (χ3n) is 8.37. The van der Waals surface area contributed by atoms with Crippen LogP contribution >= 0.6 is 0 Å². The summed E-state index contributed by atoms with van der Waals surface area (Å²) < 4.78 is 60.2. The van der Waals surface area contributed by atoms with Gasteiger partial charge in [0.15, 0.2) is 17.3 Å². The maximum atomic E-state index is 16.0. The third-order valence-corrected chi connectivity index (χ3v) is 8.37. The molecule has 1 fully saturated rings. The molecule has 1 saturated carbocycles.